The van der Waals surface area contributed by atoms with Crippen molar-refractivity contribution in [2.75, 3.05) is 32.1 Å². The number of nitrogens with one attached hydrogen (secondary N) is 10. The van der Waals surface area contributed by atoms with E-state index >= 15 is 24.0 Å². The van der Waals surface area contributed by atoms with Gasteiger partial charge in [-0.1, -0.05) is 84.5 Å². The van der Waals surface area contributed by atoms with Crippen molar-refractivity contribution in [3.8, 4) is 57.1 Å². The summed E-state index contributed by atoms with van der Waals surface area (Å²) < 4.78 is 67.6. The van der Waals surface area contributed by atoms with Crippen LogP contribution < -0.4 is 79.0 Å². The van der Waals surface area contributed by atoms with Gasteiger partial charge in [0.1, 0.15) is 108 Å². The van der Waals surface area contributed by atoms with E-state index in [0.717, 1.165) is 72.8 Å². The maximum Gasteiger partial charge on any atom is 0.349 e. The molecule has 7 aliphatic heterocycles. The van der Waals surface area contributed by atoms with Gasteiger partial charge < -0.3 is 128 Å². The number of rotatable bonds is 23. The Balaban J connectivity index is 0.993. The molecule has 21 N–H and O–H groups in total. The first-order valence-electron chi connectivity index (χ1n) is 39.6. The molecule has 684 valence electrons. The molecule has 0 radical (unpaired) electrons. The summed E-state index contributed by atoms with van der Waals surface area (Å²) in [6, 6.07) is 4.29. The number of ether oxygens (including phenoxy) is 6. The molecule has 39 nitrogen and oxygen atoms in total. The third-order valence-electron chi connectivity index (χ3n) is 21.5. The number of carbonyl (C=O) groups is 9. The highest BCUT2D eigenvalue weighted by atomic mass is 35.5. The Morgan fingerprint density at radius 3 is 2.01 bits per heavy atom. The number of fused-ring (bicyclic) bond motifs is 15. The Morgan fingerprint density at radius 1 is 0.719 bits per heavy atom. The molecule has 1 aromatic heterocycles. The molecule has 0 saturated carbocycles. The lowest BCUT2D eigenvalue weighted by Gasteiger charge is -2.48. The number of aromatic hydroxyl groups is 3. The van der Waals surface area contributed by atoms with E-state index in [0.29, 0.717) is 10.6 Å². The average molecular weight is 1860 g/mol. The highest BCUT2D eigenvalue weighted by Gasteiger charge is 2.52. The Hall–Kier alpha value is -11.5. The topological polar surface area (TPSA) is 582 Å². The van der Waals surface area contributed by atoms with Gasteiger partial charge in [0.25, 0.3) is 12.3 Å². The van der Waals surface area contributed by atoms with Crippen LogP contribution in [0.1, 0.15) is 111 Å². The molecule has 128 heavy (non-hydrogen) atoms. The molecule has 7 aromatic rings. The lowest BCUT2D eigenvalue weighted by molar-refractivity contribution is -0.334. The van der Waals surface area contributed by atoms with Crippen LogP contribution in [0.25, 0.3) is 17.2 Å². The number of aromatic nitrogens is 2. The highest BCUT2D eigenvalue weighted by molar-refractivity contribution is 6.42. The van der Waals surface area contributed by atoms with E-state index in [9.17, 15) is 78.7 Å². The van der Waals surface area contributed by atoms with Crippen LogP contribution in [0.3, 0.4) is 0 Å². The number of benzene rings is 6. The van der Waals surface area contributed by atoms with Crippen molar-refractivity contribution < 1.29 is 131 Å². The number of alkyl halides is 2. The van der Waals surface area contributed by atoms with Crippen molar-refractivity contribution in [3.05, 3.63) is 179 Å². The molecule has 11 bridgehead atoms. The minimum absolute atomic E-state index is 0.0613. The van der Waals surface area contributed by atoms with Gasteiger partial charge in [-0.05, 0) is 145 Å². The zero-order valence-electron chi connectivity index (χ0n) is 68.2. The SMILES string of the molecule is CN[C@H](CC(C)C)C(=O)N[C@H]1C(=O)N[C@@H](CC(N)=O)C(=O)N[C@H]2C(=O)N[C@H]3C(=O)N[C@H](C(=O)N[C@@H](C(=O)NOCC(F)F)c4cc(O)cc(O)c4-c4cc3ccc4O)[C@H](O)c3ccc(c(Cl)c3)Oc3cc2cc(c3O[C@@H]2O[C@H](CO)[C@@H](O)[C@H](O)[C@H]2O[C@H]2C[C@](C)(NCCn3ccc(NC(=O)C=Cc4ccc(Cl)c(Cl)c4)nc3=O)[C@H](O)[C@H](C)O2)Oc2ccc(cc2Cl)[C@H]1O. The quantitative estimate of drug-likeness (QED) is 0.0323. The number of likely N-dealkylation sites (N-methyl/N-ethyl adjacent to an activating group) is 1. The van der Waals surface area contributed by atoms with Crippen LogP contribution in [0.5, 0.6) is 46.0 Å². The number of nitrogens with two attached hydrogens (primary N) is 1. The molecule has 2 saturated heterocycles. The molecule has 8 heterocycles. The van der Waals surface area contributed by atoms with Crippen LogP contribution in [0.2, 0.25) is 20.1 Å². The van der Waals surface area contributed by atoms with E-state index < -0.39 is 278 Å². The lowest BCUT2D eigenvalue weighted by Crippen LogP contribution is -2.65. The average Bonchev–Trinajstić information content (AvgIpc) is 0.755. The summed E-state index contributed by atoms with van der Waals surface area (Å²) in [7, 11) is 1.45. The zero-order valence-corrected chi connectivity index (χ0v) is 71.2. The third-order valence-corrected chi connectivity index (χ3v) is 22.8. The molecule has 7 aliphatic rings. The molecule has 0 aliphatic carbocycles. The second-order valence-electron chi connectivity index (χ2n) is 31.2. The molecule has 9 amide bonds. The fourth-order valence-corrected chi connectivity index (χ4v) is 15.7. The Kier molecular flexibility index (Phi) is 30.5. The summed E-state index contributed by atoms with van der Waals surface area (Å²) >= 11 is 26.4. The van der Waals surface area contributed by atoms with Crippen LogP contribution in [0, 0.1) is 5.92 Å². The molecule has 6 aromatic carbocycles. The van der Waals surface area contributed by atoms with Gasteiger partial charge in [0.05, 0.1) is 51.4 Å². The molecule has 0 spiro atoms. The third kappa shape index (κ3) is 22.1. The van der Waals surface area contributed by atoms with Gasteiger partial charge in [-0.2, -0.15) is 4.98 Å². The molecule has 0 unspecified atom stereocenters. The monoisotopic (exact) mass is 1860 g/mol. The summed E-state index contributed by atoms with van der Waals surface area (Å²) in [5, 5.41) is 129. The van der Waals surface area contributed by atoms with Crippen LogP contribution in [0.4, 0.5) is 14.6 Å². The van der Waals surface area contributed by atoms with Crippen LogP contribution in [0.15, 0.2) is 120 Å². The first kappa shape index (κ1) is 95.6. The number of hydrogen-bond donors (Lipinski definition) is 20. The van der Waals surface area contributed by atoms with Gasteiger partial charge in [-0.3, -0.25) is 52.6 Å². The van der Waals surface area contributed by atoms with Crippen LogP contribution in [-0.4, -0.2) is 221 Å². The summed E-state index contributed by atoms with van der Waals surface area (Å²) in [6.07, 6.45) is -19.1. The lowest BCUT2D eigenvalue weighted by atomic mass is 9.85. The standard InChI is InChI=1S/C83H89Cl4F2N13O26/c1-33(2)20-47(91-5)74(114)99-65-67(109)37-9-13-51(45(86)23-37)124-53-25-39-26-54(71(53)128-81-72(70(112)69(111)55(31-103)126-81)127-60-30-83(4,73(113)34(3)123-60)92-17-19-102-18-16-58(95-82(102)121)94-59(108)15-7-35-6-11-43(84)44(85)21-35)125-52-14-10-38(24-46(52)87)68(110)66-79(119)98-64(80(120)101-122-32-56(88)89)42-27-40(104)28-50(106)61(42)41-22-36(8-12-49(41)105)62(76(116)100-66)97-77(117)63(39)96-75(115)48(29-57(90)107)93-78(65)118/h6-16,18,21-28,33-34,47-48,55-56,60,62-70,72-73,81,91-92,103-106,109-113H,17,19-20,29-32H2,1-5H3,(H2,90,107)(H,93,118)(H,96,115)(H,97,117)(H,98,119)(H,99,114)(H,100,116)(H,101,120)(H,94,95,108,121)/t34-,47+,48-,55+,60-,62+,63+,64+,65+,66-,67+,68+,69+,70-,72+,73+,81-,83-/m0/s1. The second kappa shape index (κ2) is 40.9. The van der Waals surface area contributed by atoms with Gasteiger partial charge in [-0.15, -0.1) is 0 Å². The van der Waals surface area contributed by atoms with Crippen LogP contribution in [-0.2, 0) is 68.7 Å². The summed E-state index contributed by atoms with van der Waals surface area (Å²) in [6.45, 7) is 4.03. The normalized spacial score (nSPS) is 25.7. The summed E-state index contributed by atoms with van der Waals surface area (Å²) in [5.41, 5.74) is 2.54. The first-order valence-corrected chi connectivity index (χ1v) is 41.1. The number of nitrogens with zero attached hydrogens (tertiary/aromatic N) is 2. The van der Waals surface area contributed by atoms with E-state index in [1.807, 2.05) is 0 Å². The second-order valence-corrected chi connectivity index (χ2v) is 32.8. The van der Waals surface area contributed by atoms with Gasteiger partial charge in [0.2, 0.25) is 59.3 Å². The largest absolute Gasteiger partial charge is 0.508 e. The van der Waals surface area contributed by atoms with E-state index in [4.69, 9.17) is 85.4 Å². The summed E-state index contributed by atoms with van der Waals surface area (Å²) in [5.74, 6) is -17.4. The number of hydroxylamine groups is 1. The Bertz CT molecular complexity index is 5510. The van der Waals surface area contributed by atoms with Crippen LogP contribution >= 0.6 is 46.4 Å². The number of amides is 9. The van der Waals surface area contributed by atoms with E-state index in [1.165, 1.54) is 49.0 Å². The van der Waals surface area contributed by atoms with Gasteiger partial charge >= 0.3 is 5.69 Å². The number of primary amides is 1. The van der Waals surface area contributed by atoms with Crippen molar-refractivity contribution in [2.45, 2.75) is 169 Å². The maximum atomic E-state index is 16.3. The minimum Gasteiger partial charge on any atom is -0.508 e. The number of aliphatic hydroxyl groups excluding tert-OH is 6. The van der Waals surface area contributed by atoms with Crippen molar-refractivity contribution in [1.82, 2.24) is 57.6 Å². The first-order chi connectivity index (χ1) is 60.7. The van der Waals surface area contributed by atoms with Gasteiger partial charge in [0, 0.05) is 54.5 Å². The maximum absolute atomic E-state index is 16.3. The highest BCUT2D eigenvalue weighted by Crippen LogP contribution is 2.50. The van der Waals surface area contributed by atoms with Crippen molar-refractivity contribution in [2.24, 2.45) is 11.7 Å². The molecule has 18 atom stereocenters. The fourth-order valence-electron chi connectivity index (χ4n) is 15.0. The van der Waals surface area contributed by atoms with Crippen molar-refractivity contribution in [3.63, 3.8) is 0 Å². The molecule has 14 rings (SSSR count). The Morgan fingerprint density at radius 2 is 1.38 bits per heavy atom. The number of phenols is 3. The van der Waals surface area contributed by atoms with E-state index in [2.05, 4.69) is 52.8 Å². The predicted molar refractivity (Wildman–Crippen MR) is 448 cm³/mol. The molecule has 45 heteroatoms. The zero-order chi connectivity index (χ0) is 92.8. The number of carbonyl (C=O) groups excluding carboxylic acids is 9. The van der Waals surface area contributed by atoms with E-state index in [1.54, 1.807) is 44.5 Å². The van der Waals surface area contributed by atoms with Gasteiger partial charge in [-0.25, -0.2) is 19.1 Å². The predicted octanol–water partition coefficient (Wildman–Crippen LogP) is 3.18. The van der Waals surface area contributed by atoms with E-state index in [-0.39, 0.29) is 53.8 Å². The fraction of sp³-hybridized carbons (Fsp3) is 0.386. The number of hydrogen-bond acceptors (Lipinski definition) is 29. The van der Waals surface area contributed by atoms with Gasteiger partial charge in [0.15, 0.2) is 23.9 Å². The van der Waals surface area contributed by atoms with Crippen molar-refractivity contribution in [1.29, 1.82) is 0 Å². The molecular weight excluding hydrogens is 1770 g/mol. The smallest absolute Gasteiger partial charge is 0.349 e. The number of anilines is 1. The van der Waals surface area contributed by atoms with Crippen molar-refractivity contribution >= 4 is 111 Å². The summed E-state index contributed by atoms with van der Waals surface area (Å²) in [4.78, 5) is 155. The number of halogens is 6. The minimum atomic E-state index is -3.19. The molecule has 2 fully saturated rings. The number of aliphatic hydroxyl groups is 6. The molecular formula is C83H89Cl4F2N13O26. The Labute approximate surface area is 745 Å². The number of phenolic OH excluding ortho intramolecular Hbond substituents is 3.